The van der Waals surface area contributed by atoms with E-state index in [0.717, 1.165) is 21.5 Å². The number of nitrogens with zero attached hydrogens (tertiary/aromatic N) is 2. The Bertz CT molecular complexity index is 810. The second kappa shape index (κ2) is 4.80. The van der Waals surface area contributed by atoms with E-state index in [4.69, 9.17) is 12.2 Å². The predicted molar refractivity (Wildman–Crippen MR) is 87.5 cm³/mol. The van der Waals surface area contributed by atoms with Crippen molar-refractivity contribution in [2.24, 2.45) is 0 Å². The molecule has 4 heteroatoms. The van der Waals surface area contributed by atoms with Crippen molar-refractivity contribution in [3.8, 4) is 5.69 Å². The van der Waals surface area contributed by atoms with E-state index >= 15 is 0 Å². The van der Waals surface area contributed by atoms with Crippen LogP contribution in [-0.2, 0) is 0 Å². The normalized spacial score (nSPS) is 10.9. The van der Waals surface area contributed by atoms with Gasteiger partial charge >= 0.3 is 0 Å². The van der Waals surface area contributed by atoms with Crippen molar-refractivity contribution in [3.05, 3.63) is 52.8 Å². The summed E-state index contributed by atoms with van der Waals surface area (Å²) in [4.78, 5) is 5.34. The Morgan fingerprint density at radius 2 is 1.75 bits per heavy atom. The van der Waals surface area contributed by atoms with E-state index in [2.05, 4.69) is 63.8 Å². The molecule has 0 fully saturated rings. The number of aromatic nitrogens is 2. The van der Waals surface area contributed by atoms with Gasteiger partial charge in [0.2, 0.25) is 0 Å². The monoisotopic (exact) mass is 283 g/mol. The Balaban J connectivity index is 2.21. The lowest BCUT2D eigenvalue weighted by Crippen LogP contribution is -2.08. The number of rotatable bonds is 2. The molecule has 0 amide bonds. The summed E-state index contributed by atoms with van der Waals surface area (Å²) in [6.07, 6.45) is 0. The highest BCUT2D eigenvalue weighted by Gasteiger charge is 2.07. The number of benzene rings is 2. The highest BCUT2D eigenvalue weighted by molar-refractivity contribution is 7.71. The maximum Gasteiger partial charge on any atom is 0.182 e. The predicted octanol–water partition coefficient (Wildman–Crippen LogP) is 4.06. The SMILES string of the molecule is Cc1ccc2[nH]c(=S)n(-c3ccc(N(C)C)cc3)c2c1. The van der Waals surface area contributed by atoms with Gasteiger partial charge in [0.15, 0.2) is 4.77 Å². The van der Waals surface area contributed by atoms with Gasteiger partial charge in [-0.2, -0.15) is 0 Å². The average molecular weight is 283 g/mol. The summed E-state index contributed by atoms with van der Waals surface area (Å²) < 4.78 is 2.81. The maximum absolute atomic E-state index is 5.46. The Morgan fingerprint density at radius 1 is 1.05 bits per heavy atom. The molecular formula is C16H17N3S. The fraction of sp³-hybridized carbons (Fsp3) is 0.188. The van der Waals surface area contributed by atoms with Crippen molar-refractivity contribution >= 4 is 28.9 Å². The first-order valence-electron chi connectivity index (χ1n) is 6.55. The van der Waals surface area contributed by atoms with Crippen LogP contribution < -0.4 is 4.90 Å². The number of fused-ring (bicyclic) bond motifs is 1. The summed E-state index contributed by atoms with van der Waals surface area (Å²) in [7, 11) is 4.07. The zero-order valence-electron chi connectivity index (χ0n) is 11.8. The molecule has 3 nitrogen and oxygen atoms in total. The molecule has 0 saturated carbocycles. The van der Waals surface area contributed by atoms with Crippen LogP contribution in [-0.4, -0.2) is 23.6 Å². The van der Waals surface area contributed by atoms with Crippen LogP contribution >= 0.6 is 12.2 Å². The van der Waals surface area contributed by atoms with Crippen LogP contribution in [0.4, 0.5) is 5.69 Å². The molecule has 0 unspecified atom stereocenters. The summed E-state index contributed by atoms with van der Waals surface area (Å²) in [5.41, 5.74) is 5.67. The molecule has 20 heavy (non-hydrogen) atoms. The lowest BCUT2D eigenvalue weighted by Gasteiger charge is -2.13. The smallest absolute Gasteiger partial charge is 0.182 e. The van der Waals surface area contributed by atoms with Gasteiger partial charge in [0.25, 0.3) is 0 Å². The number of aromatic amines is 1. The third-order valence-electron chi connectivity index (χ3n) is 3.46. The van der Waals surface area contributed by atoms with Gasteiger partial charge in [-0.15, -0.1) is 0 Å². The molecule has 0 bridgehead atoms. The first-order chi connectivity index (χ1) is 9.56. The number of imidazole rings is 1. The molecule has 3 aromatic rings. The number of hydrogen-bond acceptors (Lipinski definition) is 2. The Labute approximate surface area is 123 Å². The average Bonchev–Trinajstić information content (AvgIpc) is 2.74. The van der Waals surface area contributed by atoms with E-state index in [-0.39, 0.29) is 0 Å². The molecule has 2 aromatic carbocycles. The van der Waals surface area contributed by atoms with Gasteiger partial charge in [-0.05, 0) is 61.1 Å². The first kappa shape index (κ1) is 12.9. The zero-order chi connectivity index (χ0) is 14.3. The van der Waals surface area contributed by atoms with Crippen molar-refractivity contribution in [1.29, 1.82) is 0 Å². The minimum absolute atomic E-state index is 0.725. The molecule has 102 valence electrons. The maximum atomic E-state index is 5.46. The van der Waals surface area contributed by atoms with E-state index in [1.165, 1.54) is 11.3 Å². The van der Waals surface area contributed by atoms with Crippen LogP contribution in [0.25, 0.3) is 16.7 Å². The summed E-state index contributed by atoms with van der Waals surface area (Å²) in [6.45, 7) is 2.09. The molecule has 0 aliphatic heterocycles. The van der Waals surface area contributed by atoms with Crippen molar-refractivity contribution in [3.63, 3.8) is 0 Å². The Kier molecular flexibility index (Phi) is 3.10. The second-order valence-electron chi connectivity index (χ2n) is 5.20. The van der Waals surface area contributed by atoms with Crippen molar-refractivity contribution in [2.45, 2.75) is 6.92 Å². The molecule has 0 saturated heterocycles. The number of hydrogen-bond donors (Lipinski definition) is 1. The van der Waals surface area contributed by atoms with Crippen LogP contribution in [0, 0.1) is 11.7 Å². The minimum Gasteiger partial charge on any atom is -0.378 e. The highest BCUT2D eigenvalue weighted by Crippen LogP contribution is 2.22. The van der Waals surface area contributed by atoms with Gasteiger partial charge in [0.05, 0.1) is 11.0 Å². The van der Waals surface area contributed by atoms with Crippen molar-refractivity contribution in [2.75, 3.05) is 19.0 Å². The minimum atomic E-state index is 0.725. The Morgan fingerprint density at radius 3 is 2.40 bits per heavy atom. The fourth-order valence-corrected chi connectivity index (χ4v) is 2.68. The van der Waals surface area contributed by atoms with Gasteiger partial charge < -0.3 is 9.88 Å². The summed E-state index contributed by atoms with van der Waals surface area (Å²) in [6, 6.07) is 14.7. The summed E-state index contributed by atoms with van der Waals surface area (Å²) >= 11 is 5.46. The lowest BCUT2D eigenvalue weighted by molar-refractivity contribution is 1.06. The Hall–Kier alpha value is -2.07. The van der Waals surface area contributed by atoms with Crippen molar-refractivity contribution in [1.82, 2.24) is 9.55 Å². The fourth-order valence-electron chi connectivity index (χ4n) is 2.37. The quantitative estimate of drug-likeness (QED) is 0.717. The number of nitrogens with one attached hydrogen (secondary N) is 1. The van der Waals surface area contributed by atoms with Crippen LogP contribution in [0.3, 0.4) is 0 Å². The number of aryl methyl sites for hydroxylation is 1. The van der Waals surface area contributed by atoms with Crippen LogP contribution in [0.15, 0.2) is 42.5 Å². The molecule has 1 heterocycles. The standard InChI is InChI=1S/C16H17N3S/c1-11-4-9-14-15(10-11)19(16(20)17-14)13-7-5-12(6-8-13)18(2)3/h4-10H,1-3H3,(H,17,20). The first-order valence-corrected chi connectivity index (χ1v) is 6.96. The van der Waals surface area contributed by atoms with Crippen molar-refractivity contribution < 1.29 is 0 Å². The third-order valence-corrected chi connectivity index (χ3v) is 3.75. The van der Waals surface area contributed by atoms with E-state index in [9.17, 15) is 0 Å². The van der Waals surface area contributed by atoms with E-state index < -0.39 is 0 Å². The molecule has 0 atom stereocenters. The molecule has 0 radical (unpaired) electrons. The van der Waals surface area contributed by atoms with Crippen LogP contribution in [0.1, 0.15) is 5.56 Å². The zero-order valence-corrected chi connectivity index (χ0v) is 12.7. The molecule has 0 aliphatic rings. The summed E-state index contributed by atoms with van der Waals surface area (Å²) in [5, 5.41) is 0. The molecule has 0 aliphatic carbocycles. The molecular weight excluding hydrogens is 266 g/mol. The number of anilines is 1. The van der Waals surface area contributed by atoms with E-state index in [0.29, 0.717) is 0 Å². The topological polar surface area (TPSA) is 24.0 Å². The van der Waals surface area contributed by atoms with Gasteiger partial charge in [-0.25, -0.2) is 0 Å². The molecule has 0 spiro atoms. The van der Waals surface area contributed by atoms with E-state index in [1.807, 2.05) is 14.1 Å². The van der Waals surface area contributed by atoms with Crippen LogP contribution in [0.5, 0.6) is 0 Å². The molecule has 1 N–H and O–H groups in total. The molecule has 3 rings (SSSR count). The lowest BCUT2D eigenvalue weighted by atomic mass is 10.2. The number of H-pyrrole nitrogens is 1. The van der Waals surface area contributed by atoms with Crippen LogP contribution in [0.2, 0.25) is 0 Å². The van der Waals surface area contributed by atoms with E-state index in [1.54, 1.807) is 0 Å². The van der Waals surface area contributed by atoms with Gasteiger partial charge in [-0.3, -0.25) is 4.57 Å². The van der Waals surface area contributed by atoms with Gasteiger partial charge in [-0.1, -0.05) is 6.07 Å². The van der Waals surface area contributed by atoms with Gasteiger partial charge in [0, 0.05) is 25.5 Å². The third kappa shape index (κ3) is 2.12. The second-order valence-corrected chi connectivity index (χ2v) is 5.58. The summed E-state index contributed by atoms with van der Waals surface area (Å²) in [5.74, 6) is 0. The highest BCUT2D eigenvalue weighted by atomic mass is 32.1. The van der Waals surface area contributed by atoms with Gasteiger partial charge in [0.1, 0.15) is 0 Å². The molecule has 1 aromatic heterocycles. The largest absolute Gasteiger partial charge is 0.378 e.